The van der Waals surface area contributed by atoms with Gasteiger partial charge in [0.25, 0.3) is 0 Å². The Kier molecular flexibility index (Phi) is 6.30. The highest BCUT2D eigenvalue weighted by Crippen LogP contribution is 2.40. The zero-order valence-corrected chi connectivity index (χ0v) is 17.8. The summed E-state index contributed by atoms with van der Waals surface area (Å²) in [7, 11) is 0. The van der Waals surface area contributed by atoms with Gasteiger partial charge in [0.15, 0.2) is 12.1 Å². The number of hydrogen-bond acceptors (Lipinski definition) is 6. The number of aliphatic hydroxyl groups is 1. The Morgan fingerprint density at radius 3 is 2.52 bits per heavy atom. The van der Waals surface area contributed by atoms with Crippen molar-refractivity contribution < 1.29 is 24.1 Å². The van der Waals surface area contributed by atoms with E-state index in [4.69, 9.17) is 18.9 Å². The Hall–Kier alpha value is -1.41. The third-order valence-corrected chi connectivity index (χ3v) is 6.25. The molecular formula is C23H28O5S. The van der Waals surface area contributed by atoms with Gasteiger partial charge in [-0.05, 0) is 38.5 Å². The molecule has 2 aromatic rings. The summed E-state index contributed by atoms with van der Waals surface area (Å²) in [6.45, 7) is 6.21. The molecule has 0 saturated carbocycles. The highest BCUT2D eigenvalue weighted by Gasteiger charge is 2.57. The molecule has 0 aromatic heterocycles. The van der Waals surface area contributed by atoms with Crippen molar-refractivity contribution in [3.05, 3.63) is 65.7 Å². The molecule has 2 heterocycles. The minimum absolute atomic E-state index is 0.363. The molecule has 29 heavy (non-hydrogen) atoms. The van der Waals surface area contributed by atoms with Gasteiger partial charge < -0.3 is 24.1 Å². The number of aryl methyl sites for hydroxylation is 1. The second kappa shape index (κ2) is 8.76. The third-order valence-electron chi connectivity index (χ3n) is 5.13. The van der Waals surface area contributed by atoms with Crippen molar-refractivity contribution in [3.8, 4) is 0 Å². The van der Waals surface area contributed by atoms with Crippen LogP contribution in [0.15, 0.2) is 59.5 Å². The number of ether oxygens (including phenoxy) is 4. The summed E-state index contributed by atoms with van der Waals surface area (Å²) in [5.74, 6) is -0.224. The van der Waals surface area contributed by atoms with Crippen molar-refractivity contribution in [2.75, 3.05) is 5.75 Å². The van der Waals surface area contributed by atoms with Gasteiger partial charge in [-0.1, -0.05) is 48.0 Å². The van der Waals surface area contributed by atoms with Gasteiger partial charge >= 0.3 is 0 Å². The number of fused-ring (bicyclic) bond motifs is 1. The number of benzene rings is 2. The molecule has 2 aliphatic heterocycles. The lowest BCUT2D eigenvalue weighted by molar-refractivity contribution is -0.228. The quantitative estimate of drug-likeness (QED) is 0.691. The zero-order valence-electron chi connectivity index (χ0n) is 17.0. The first-order chi connectivity index (χ1) is 13.9. The standard InChI is InChI=1S/C23H28O5S/c1-15-9-11-17(12-10-15)29-14-18(24)19-20(25-13-16-7-5-4-6-8-16)21-22(26-19)28-23(2,3)27-21/h4-12,18-22,24H,13-14H2,1-3H3/t18-,19+,20+,21+,22+/m0/s1. The molecule has 2 aromatic carbocycles. The first-order valence-corrected chi connectivity index (χ1v) is 10.9. The van der Waals surface area contributed by atoms with E-state index in [1.54, 1.807) is 11.8 Å². The summed E-state index contributed by atoms with van der Waals surface area (Å²) in [4.78, 5) is 1.11. The van der Waals surface area contributed by atoms with E-state index in [0.29, 0.717) is 12.4 Å². The van der Waals surface area contributed by atoms with Crippen LogP contribution in [0.25, 0.3) is 0 Å². The summed E-state index contributed by atoms with van der Waals surface area (Å²) in [6.07, 6.45) is -2.52. The fraction of sp³-hybridized carbons (Fsp3) is 0.478. The maximum atomic E-state index is 10.9. The van der Waals surface area contributed by atoms with Crippen molar-refractivity contribution in [1.29, 1.82) is 0 Å². The van der Waals surface area contributed by atoms with Crippen LogP contribution in [-0.4, -0.2) is 47.4 Å². The molecule has 0 aliphatic carbocycles. The molecule has 1 N–H and O–H groups in total. The highest BCUT2D eigenvalue weighted by molar-refractivity contribution is 7.99. The average molecular weight is 417 g/mol. The Morgan fingerprint density at radius 2 is 1.79 bits per heavy atom. The third kappa shape index (κ3) is 5.02. The van der Waals surface area contributed by atoms with Gasteiger partial charge in [0, 0.05) is 10.6 Å². The summed E-state index contributed by atoms with van der Waals surface area (Å²) in [5.41, 5.74) is 2.28. The van der Waals surface area contributed by atoms with E-state index >= 15 is 0 Å². The minimum atomic E-state index is -0.726. The number of hydrogen-bond donors (Lipinski definition) is 1. The van der Waals surface area contributed by atoms with Crippen LogP contribution in [0.1, 0.15) is 25.0 Å². The van der Waals surface area contributed by atoms with Crippen LogP contribution in [0.3, 0.4) is 0 Å². The molecule has 0 spiro atoms. The molecule has 2 fully saturated rings. The molecule has 2 aliphatic rings. The lowest BCUT2D eigenvalue weighted by atomic mass is 10.1. The predicted octanol–water partition coefficient (Wildman–Crippen LogP) is 3.91. The molecule has 0 unspecified atom stereocenters. The Balaban J connectivity index is 1.42. The van der Waals surface area contributed by atoms with Crippen molar-refractivity contribution in [2.45, 2.75) is 68.8 Å². The van der Waals surface area contributed by atoms with E-state index in [9.17, 15) is 5.11 Å². The van der Waals surface area contributed by atoms with Gasteiger partial charge in [0.2, 0.25) is 0 Å². The molecule has 0 amide bonds. The average Bonchev–Trinajstić information content (AvgIpc) is 3.18. The maximum absolute atomic E-state index is 10.9. The molecule has 6 heteroatoms. The highest BCUT2D eigenvalue weighted by atomic mass is 32.2. The molecule has 0 radical (unpaired) electrons. The molecule has 5 nitrogen and oxygen atoms in total. The van der Waals surface area contributed by atoms with E-state index in [1.807, 2.05) is 44.2 Å². The van der Waals surface area contributed by atoms with Gasteiger partial charge in [-0.3, -0.25) is 0 Å². The lowest BCUT2D eigenvalue weighted by Gasteiger charge is -2.28. The number of rotatable bonds is 7. The summed E-state index contributed by atoms with van der Waals surface area (Å²) >= 11 is 1.60. The van der Waals surface area contributed by atoms with Crippen molar-refractivity contribution in [3.63, 3.8) is 0 Å². The van der Waals surface area contributed by atoms with Crippen LogP contribution in [0.5, 0.6) is 0 Å². The normalized spacial score (nSPS) is 29.0. The molecule has 2 saturated heterocycles. The molecule has 0 bridgehead atoms. The van der Waals surface area contributed by atoms with Crippen LogP contribution in [0.4, 0.5) is 0 Å². The van der Waals surface area contributed by atoms with Gasteiger partial charge in [0.05, 0.1) is 12.7 Å². The molecule has 4 rings (SSSR count). The van der Waals surface area contributed by atoms with E-state index in [0.717, 1.165) is 10.5 Å². The first kappa shape index (κ1) is 20.8. The van der Waals surface area contributed by atoms with Gasteiger partial charge in [-0.15, -0.1) is 11.8 Å². The largest absolute Gasteiger partial charge is 0.389 e. The van der Waals surface area contributed by atoms with Crippen molar-refractivity contribution >= 4 is 11.8 Å². The van der Waals surface area contributed by atoms with Crippen LogP contribution in [0.2, 0.25) is 0 Å². The Morgan fingerprint density at radius 1 is 1.07 bits per heavy atom. The monoisotopic (exact) mass is 416 g/mol. The molecule has 156 valence electrons. The van der Waals surface area contributed by atoms with E-state index < -0.39 is 30.4 Å². The van der Waals surface area contributed by atoms with E-state index in [1.165, 1.54) is 5.56 Å². The molecule has 5 atom stereocenters. The zero-order chi connectivity index (χ0) is 20.4. The summed E-state index contributed by atoms with van der Waals surface area (Å²) in [6, 6.07) is 18.2. The van der Waals surface area contributed by atoms with Crippen molar-refractivity contribution in [2.24, 2.45) is 0 Å². The van der Waals surface area contributed by atoms with E-state index in [2.05, 4.69) is 31.2 Å². The smallest absolute Gasteiger partial charge is 0.190 e. The SMILES string of the molecule is Cc1ccc(SC[C@H](O)[C@H]2O[C@@H]3OC(C)(C)O[C@@H]3[C@@H]2OCc2ccccc2)cc1. The Labute approximate surface area is 176 Å². The van der Waals surface area contributed by atoms with E-state index in [-0.39, 0.29) is 6.10 Å². The molecular weight excluding hydrogens is 388 g/mol. The topological polar surface area (TPSA) is 57.2 Å². The number of aliphatic hydroxyl groups excluding tert-OH is 1. The fourth-order valence-corrected chi connectivity index (χ4v) is 4.56. The summed E-state index contributed by atoms with van der Waals surface area (Å²) < 4.78 is 24.2. The Bertz CT molecular complexity index is 795. The maximum Gasteiger partial charge on any atom is 0.190 e. The van der Waals surface area contributed by atoms with Crippen LogP contribution in [0, 0.1) is 6.92 Å². The lowest BCUT2D eigenvalue weighted by Crippen LogP contribution is -2.43. The first-order valence-electron chi connectivity index (χ1n) is 9.95. The number of thioether (sulfide) groups is 1. The predicted molar refractivity (Wildman–Crippen MR) is 112 cm³/mol. The van der Waals surface area contributed by atoms with Gasteiger partial charge in [-0.2, -0.15) is 0 Å². The second-order valence-corrected chi connectivity index (χ2v) is 9.12. The minimum Gasteiger partial charge on any atom is -0.389 e. The van der Waals surface area contributed by atoms with Gasteiger partial charge in [0.1, 0.15) is 18.3 Å². The van der Waals surface area contributed by atoms with Gasteiger partial charge in [-0.25, -0.2) is 0 Å². The second-order valence-electron chi connectivity index (χ2n) is 8.02. The van der Waals surface area contributed by atoms with Crippen molar-refractivity contribution in [1.82, 2.24) is 0 Å². The van der Waals surface area contributed by atoms with Crippen LogP contribution < -0.4 is 0 Å². The van der Waals surface area contributed by atoms with Crippen LogP contribution >= 0.6 is 11.8 Å². The summed E-state index contributed by atoms with van der Waals surface area (Å²) in [5, 5.41) is 10.9. The van der Waals surface area contributed by atoms with Crippen LogP contribution in [-0.2, 0) is 25.6 Å². The fourth-order valence-electron chi connectivity index (χ4n) is 3.68.